The van der Waals surface area contributed by atoms with Gasteiger partial charge in [-0.3, -0.25) is 4.90 Å². The maximum absolute atomic E-state index is 5.40. The van der Waals surface area contributed by atoms with Crippen molar-refractivity contribution >= 4 is 0 Å². The van der Waals surface area contributed by atoms with E-state index in [4.69, 9.17) is 9.47 Å². The molecule has 0 radical (unpaired) electrons. The molecule has 0 unspecified atom stereocenters. The normalized spacial score (nSPS) is 15.4. The molecule has 0 N–H and O–H groups in total. The van der Waals surface area contributed by atoms with Crippen molar-refractivity contribution in [1.82, 2.24) is 9.47 Å². The molecule has 1 fully saturated rings. The van der Waals surface area contributed by atoms with Crippen molar-refractivity contribution in [3.63, 3.8) is 0 Å². The number of hydrogen-bond donors (Lipinski definition) is 0. The van der Waals surface area contributed by atoms with E-state index in [-0.39, 0.29) is 0 Å². The van der Waals surface area contributed by atoms with Crippen molar-refractivity contribution in [2.75, 3.05) is 27.3 Å². The topological polar surface area (TPSA) is 26.6 Å². The van der Waals surface area contributed by atoms with E-state index in [0.717, 1.165) is 37.1 Å². The lowest BCUT2D eigenvalue weighted by molar-refractivity contribution is 0.176. The third kappa shape index (κ3) is 5.01. The minimum atomic E-state index is 0.767. The summed E-state index contributed by atoms with van der Waals surface area (Å²) in [5.41, 5.74) is 3.92. The summed E-state index contributed by atoms with van der Waals surface area (Å²) in [6, 6.07) is 19.3. The van der Waals surface area contributed by atoms with Crippen LogP contribution in [0.2, 0.25) is 0 Å². The van der Waals surface area contributed by atoms with E-state index >= 15 is 0 Å². The number of likely N-dealkylation sites (tertiary alicyclic amines) is 1. The summed E-state index contributed by atoms with van der Waals surface area (Å²) in [6.45, 7) is 3.24. The van der Waals surface area contributed by atoms with Gasteiger partial charge in [0.2, 0.25) is 0 Å². The Balaban J connectivity index is 1.29. The largest absolute Gasteiger partial charge is 0.497 e. The second-order valence-electron chi connectivity index (χ2n) is 7.90. The minimum absolute atomic E-state index is 0.767. The van der Waals surface area contributed by atoms with E-state index in [1.807, 2.05) is 6.07 Å². The predicted molar refractivity (Wildman–Crippen MR) is 117 cm³/mol. The predicted octanol–water partition coefficient (Wildman–Crippen LogP) is 4.95. The number of hydrogen-bond acceptors (Lipinski definition) is 3. The highest BCUT2D eigenvalue weighted by molar-refractivity contribution is 5.38. The lowest BCUT2D eigenvalue weighted by Gasteiger charge is -2.32. The molecule has 1 aliphatic heterocycles. The SMILES string of the molecule is COc1cc(CN2CCC(Cc3ccc(-n4cccc4)cc3)CC2)cc(OC)c1. The number of piperidine rings is 1. The zero-order chi connectivity index (χ0) is 20.1. The van der Waals surface area contributed by atoms with Crippen LogP contribution in [0, 0.1) is 5.92 Å². The lowest BCUT2D eigenvalue weighted by atomic mass is 9.90. The smallest absolute Gasteiger partial charge is 0.122 e. The van der Waals surface area contributed by atoms with Crippen LogP contribution in [0.3, 0.4) is 0 Å². The fraction of sp³-hybridized carbons (Fsp3) is 0.360. The Bertz CT molecular complexity index is 873. The highest BCUT2D eigenvalue weighted by Crippen LogP contribution is 2.26. The maximum atomic E-state index is 5.40. The van der Waals surface area contributed by atoms with Gasteiger partial charge in [0, 0.05) is 30.7 Å². The van der Waals surface area contributed by atoms with Crippen LogP contribution in [-0.4, -0.2) is 36.8 Å². The molecule has 2 aromatic carbocycles. The van der Waals surface area contributed by atoms with Crippen LogP contribution in [0.15, 0.2) is 67.0 Å². The lowest BCUT2D eigenvalue weighted by Crippen LogP contribution is -2.33. The van der Waals surface area contributed by atoms with Crippen LogP contribution in [-0.2, 0) is 13.0 Å². The first-order valence-corrected chi connectivity index (χ1v) is 10.4. The van der Waals surface area contributed by atoms with Gasteiger partial charge in [-0.2, -0.15) is 0 Å². The Kier molecular flexibility index (Phi) is 6.20. The molecule has 0 amide bonds. The Morgan fingerprint density at radius 1 is 0.828 bits per heavy atom. The first-order chi connectivity index (χ1) is 14.2. The van der Waals surface area contributed by atoms with Crippen LogP contribution in [0.1, 0.15) is 24.0 Å². The zero-order valence-corrected chi connectivity index (χ0v) is 17.4. The minimum Gasteiger partial charge on any atom is -0.497 e. The van der Waals surface area contributed by atoms with Gasteiger partial charge in [-0.15, -0.1) is 0 Å². The Morgan fingerprint density at radius 2 is 1.45 bits per heavy atom. The van der Waals surface area contributed by atoms with Crippen LogP contribution < -0.4 is 9.47 Å². The fourth-order valence-corrected chi connectivity index (χ4v) is 4.21. The molecule has 1 aromatic heterocycles. The van der Waals surface area contributed by atoms with Gasteiger partial charge in [0.1, 0.15) is 11.5 Å². The number of methoxy groups -OCH3 is 2. The molecule has 3 aromatic rings. The monoisotopic (exact) mass is 390 g/mol. The van der Waals surface area contributed by atoms with E-state index < -0.39 is 0 Å². The Hall–Kier alpha value is -2.72. The van der Waals surface area contributed by atoms with Crippen molar-refractivity contribution in [3.05, 3.63) is 78.1 Å². The average molecular weight is 391 g/mol. The second kappa shape index (κ2) is 9.19. The molecule has 4 rings (SSSR count). The first kappa shape index (κ1) is 19.6. The second-order valence-corrected chi connectivity index (χ2v) is 7.90. The van der Waals surface area contributed by atoms with Gasteiger partial charge < -0.3 is 14.0 Å². The number of ether oxygens (including phenoxy) is 2. The van der Waals surface area contributed by atoms with Crippen molar-refractivity contribution in [1.29, 1.82) is 0 Å². The van der Waals surface area contributed by atoms with Crippen LogP contribution in [0.4, 0.5) is 0 Å². The van der Waals surface area contributed by atoms with E-state index in [1.54, 1.807) is 14.2 Å². The van der Waals surface area contributed by atoms with Crippen molar-refractivity contribution < 1.29 is 9.47 Å². The van der Waals surface area contributed by atoms with Gasteiger partial charge in [-0.1, -0.05) is 12.1 Å². The molecule has 4 nitrogen and oxygen atoms in total. The molecule has 0 bridgehead atoms. The molecule has 1 aliphatic rings. The maximum Gasteiger partial charge on any atom is 0.122 e. The van der Waals surface area contributed by atoms with Crippen molar-refractivity contribution in [2.45, 2.75) is 25.8 Å². The van der Waals surface area contributed by atoms with Gasteiger partial charge in [-0.05, 0) is 85.8 Å². The zero-order valence-electron chi connectivity index (χ0n) is 17.4. The molecule has 0 aliphatic carbocycles. The standard InChI is InChI=1S/C25H30N2O2/c1-28-24-16-22(17-25(18-24)29-2)19-26-13-9-21(10-14-26)15-20-5-7-23(8-6-20)27-11-3-4-12-27/h3-8,11-12,16-18,21H,9-10,13-15,19H2,1-2H3. The number of benzene rings is 2. The Morgan fingerprint density at radius 3 is 2.03 bits per heavy atom. The molecule has 2 heterocycles. The van der Waals surface area contributed by atoms with Gasteiger partial charge in [0.25, 0.3) is 0 Å². The number of aromatic nitrogens is 1. The van der Waals surface area contributed by atoms with Gasteiger partial charge in [0.15, 0.2) is 0 Å². The number of nitrogens with zero attached hydrogens (tertiary/aromatic N) is 2. The third-order valence-corrected chi connectivity index (χ3v) is 5.89. The van der Waals surface area contributed by atoms with E-state index in [0.29, 0.717) is 0 Å². The summed E-state index contributed by atoms with van der Waals surface area (Å²) in [5.74, 6) is 2.48. The summed E-state index contributed by atoms with van der Waals surface area (Å²) in [4.78, 5) is 2.54. The van der Waals surface area contributed by atoms with Crippen molar-refractivity contribution in [2.24, 2.45) is 5.92 Å². The quantitative estimate of drug-likeness (QED) is 0.571. The Labute approximate surface area is 173 Å². The fourth-order valence-electron chi connectivity index (χ4n) is 4.21. The molecule has 0 atom stereocenters. The average Bonchev–Trinajstić information content (AvgIpc) is 3.30. The summed E-state index contributed by atoms with van der Waals surface area (Å²) < 4.78 is 13.0. The third-order valence-electron chi connectivity index (χ3n) is 5.89. The van der Waals surface area contributed by atoms with Crippen LogP contribution >= 0.6 is 0 Å². The highest BCUT2D eigenvalue weighted by atomic mass is 16.5. The molecule has 1 saturated heterocycles. The van der Waals surface area contributed by atoms with E-state index in [1.165, 1.54) is 36.1 Å². The van der Waals surface area contributed by atoms with Gasteiger partial charge in [-0.25, -0.2) is 0 Å². The molecule has 0 saturated carbocycles. The molecular weight excluding hydrogens is 360 g/mol. The number of rotatable bonds is 7. The summed E-state index contributed by atoms with van der Waals surface area (Å²) in [5, 5.41) is 0. The van der Waals surface area contributed by atoms with E-state index in [2.05, 4.69) is 70.4 Å². The molecular formula is C25H30N2O2. The molecule has 152 valence electrons. The van der Waals surface area contributed by atoms with Gasteiger partial charge in [0.05, 0.1) is 14.2 Å². The molecule has 0 spiro atoms. The van der Waals surface area contributed by atoms with Crippen molar-refractivity contribution in [3.8, 4) is 17.2 Å². The first-order valence-electron chi connectivity index (χ1n) is 10.4. The summed E-state index contributed by atoms with van der Waals surface area (Å²) in [6.07, 6.45) is 7.85. The van der Waals surface area contributed by atoms with Gasteiger partial charge >= 0.3 is 0 Å². The van der Waals surface area contributed by atoms with Crippen LogP contribution in [0.25, 0.3) is 5.69 Å². The highest BCUT2D eigenvalue weighted by Gasteiger charge is 2.20. The summed E-state index contributed by atoms with van der Waals surface area (Å²) >= 11 is 0. The summed E-state index contributed by atoms with van der Waals surface area (Å²) in [7, 11) is 3.41. The van der Waals surface area contributed by atoms with Crippen LogP contribution in [0.5, 0.6) is 11.5 Å². The molecule has 29 heavy (non-hydrogen) atoms. The van der Waals surface area contributed by atoms with E-state index in [9.17, 15) is 0 Å². The molecule has 4 heteroatoms.